The molecule has 1 amide bonds. The summed E-state index contributed by atoms with van der Waals surface area (Å²) in [6.07, 6.45) is 5.65. The summed E-state index contributed by atoms with van der Waals surface area (Å²) in [4.78, 5) is 17.8. The highest BCUT2D eigenvalue weighted by molar-refractivity contribution is 9.10. The first-order valence-corrected chi connectivity index (χ1v) is 10.6. The van der Waals surface area contributed by atoms with Gasteiger partial charge in [-0.1, -0.05) is 52.9 Å². The second-order valence-electron chi connectivity index (χ2n) is 6.23. The standard InChI is InChI=1S/C23H18BrN3O2S/c1-2-11-29-20-9-5-16(6-10-20)12-18(14-25)22(28)27-23-26-15-21(30-23)13-17-3-7-19(24)8-4-17/h2-10,12,15H,1,11,13H2,(H,26,27,28)/b18-12+. The second-order valence-corrected chi connectivity index (χ2v) is 8.26. The number of hydrogen-bond donors (Lipinski definition) is 1. The molecule has 0 fully saturated rings. The number of thiazole rings is 1. The van der Waals surface area contributed by atoms with Crippen molar-refractivity contribution in [3.8, 4) is 11.8 Å². The first-order valence-electron chi connectivity index (χ1n) is 9.03. The number of aromatic nitrogens is 1. The van der Waals surface area contributed by atoms with Crippen LogP contribution >= 0.6 is 27.3 Å². The lowest BCUT2D eigenvalue weighted by Gasteiger charge is -2.03. The maximum Gasteiger partial charge on any atom is 0.268 e. The van der Waals surface area contributed by atoms with Crippen molar-refractivity contribution in [1.82, 2.24) is 4.98 Å². The number of anilines is 1. The molecule has 150 valence electrons. The van der Waals surface area contributed by atoms with Gasteiger partial charge < -0.3 is 4.74 Å². The van der Waals surface area contributed by atoms with Gasteiger partial charge >= 0.3 is 0 Å². The molecule has 0 aliphatic rings. The van der Waals surface area contributed by atoms with Crippen LogP contribution in [0.5, 0.6) is 5.75 Å². The summed E-state index contributed by atoms with van der Waals surface area (Å²) in [6.45, 7) is 4.02. The van der Waals surface area contributed by atoms with Crippen LogP contribution in [0.3, 0.4) is 0 Å². The lowest BCUT2D eigenvalue weighted by molar-refractivity contribution is -0.112. The van der Waals surface area contributed by atoms with Crippen molar-refractivity contribution in [2.75, 3.05) is 11.9 Å². The van der Waals surface area contributed by atoms with Crippen molar-refractivity contribution in [3.05, 3.63) is 93.4 Å². The van der Waals surface area contributed by atoms with Gasteiger partial charge in [-0.15, -0.1) is 11.3 Å². The molecule has 0 radical (unpaired) electrons. The highest BCUT2D eigenvalue weighted by atomic mass is 79.9. The number of nitrogens with one attached hydrogen (secondary N) is 1. The number of nitrogens with zero attached hydrogens (tertiary/aromatic N) is 2. The first-order chi connectivity index (χ1) is 14.6. The van der Waals surface area contributed by atoms with Gasteiger partial charge in [-0.2, -0.15) is 5.26 Å². The number of halogens is 1. The lowest BCUT2D eigenvalue weighted by atomic mass is 10.1. The van der Waals surface area contributed by atoms with Gasteiger partial charge in [0.1, 0.15) is 24.0 Å². The Morgan fingerprint density at radius 2 is 1.97 bits per heavy atom. The van der Waals surface area contributed by atoms with Crippen molar-refractivity contribution >= 4 is 44.4 Å². The van der Waals surface area contributed by atoms with Crippen LogP contribution in [-0.4, -0.2) is 17.5 Å². The molecule has 1 N–H and O–H groups in total. The largest absolute Gasteiger partial charge is 0.490 e. The molecule has 7 heteroatoms. The van der Waals surface area contributed by atoms with E-state index in [1.165, 1.54) is 17.4 Å². The van der Waals surface area contributed by atoms with Gasteiger partial charge in [0.05, 0.1) is 0 Å². The number of benzene rings is 2. The number of carbonyl (C=O) groups excluding carboxylic acids is 1. The van der Waals surface area contributed by atoms with Crippen LogP contribution in [0.4, 0.5) is 5.13 Å². The normalized spacial score (nSPS) is 10.9. The van der Waals surface area contributed by atoms with E-state index in [1.54, 1.807) is 36.5 Å². The van der Waals surface area contributed by atoms with Crippen LogP contribution in [0.1, 0.15) is 16.0 Å². The zero-order valence-electron chi connectivity index (χ0n) is 16.0. The van der Waals surface area contributed by atoms with E-state index in [0.29, 0.717) is 17.5 Å². The minimum Gasteiger partial charge on any atom is -0.490 e. The molecule has 30 heavy (non-hydrogen) atoms. The Labute approximate surface area is 187 Å². The van der Waals surface area contributed by atoms with Crippen LogP contribution in [-0.2, 0) is 11.2 Å². The molecule has 3 rings (SSSR count). The molecule has 0 saturated carbocycles. The van der Waals surface area contributed by atoms with Gasteiger partial charge in [-0.3, -0.25) is 10.1 Å². The van der Waals surface area contributed by atoms with Gasteiger partial charge in [0.15, 0.2) is 5.13 Å². The molecule has 0 aliphatic carbocycles. The minimum atomic E-state index is -0.492. The Bertz CT molecular complexity index is 1100. The number of ether oxygens (including phenoxy) is 1. The molecule has 5 nitrogen and oxygen atoms in total. The molecule has 2 aromatic carbocycles. The monoisotopic (exact) mass is 479 g/mol. The highest BCUT2D eigenvalue weighted by Gasteiger charge is 2.12. The summed E-state index contributed by atoms with van der Waals surface area (Å²) in [7, 11) is 0. The smallest absolute Gasteiger partial charge is 0.268 e. The number of hydrogen-bond acceptors (Lipinski definition) is 5. The predicted molar refractivity (Wildman–Crippen MR) is 123 cm³/mol. The molecule has 0 saturated heterocycles. The zero-order chi connectivity index (χ0) is 21.3. The highest BCUT2D eigenvalue weighted by Crippen LogP contribution is 2.23. The van der Waals surface area contributed by atoms with Crippen LogP contribution in [0, 0.1) is 11.3 Å². The van der Waals surface area contributed by atoms with E-state index in [2.05, 4.69) is 32.8 Å². The molecule has 0 bridgehead atoms. The first kappa shape index (κ1) is 21.5. The fraction of sp³-hybridized carbons (Fsp3) is 0.0870. The third-order valence-electron chi connectivity index (χ3n) is 3.99. The molecule has 1 heterocycles. The quantitative estimate of drug-likeness (QED) is 0.259. The molecular formula is C23H18BrN3O2S. The van der Waals surface area contributed by atoms with Crippen molar-refractivity contribution in [1.29, 1.82) is 5.26 Å². The molecule has 3 aromatic rings. The van der Waals surface area contributed by atoms with Crippen LogP contribution in [0.2, 0.25) is 0 Å². The topological polar surface area (TPSA) is 75.0 Å². The molecule has 0 aliphatic heterocycles. The van der Waals surface area contributed by atoms with Gasteiger partial charge in [0, 0.05) is 22.0 Å². The fourth-order valence-corrected chi connectivity index (χ4v) is 3.65. The van der Waals surface area contributed by atoms with Gasteiger partial charge in [0.2, 0.25) is 0 Å². The summed E-state index contributed by atoms with van der Waals surface area (Å²) < 4.78 is 6.45. The molecule has 0 unspecified atom stereocenters. The van der Waals surface area contributed by atoms with E-state index in [0.717, 1.165) is 26.9 Å². The molecule has 1 aromatic heterocycles. The Balaban J connectivity index is 1.64. The lowest BCUT2D eigenvalue weighted by Crippen LogP contribution is -2.13. The predicted octanol–water partition coefficient (Wildman–Crippen LogP) is 5.61. The maximum atomic E-state index is 12.5. The van der Waals surface area contributed by atoms with E-state index in [4.69, 9.17) is 4.74 Å². The summed E-state index contributed by atoms with van der Waals surface area (Å²) in [6, 6.07) is 17.1. The van der Waals surface area contributed by atoms with Crippen molar-refractivity contribution in [3.63, 3.8) is 0 Å². The fourth-order valence-electron chi connectivity index (χ4n) is 2.55. The summed E-state index contributed by atoms with van der Waals surface area (Å²) in [5.74, 6) is 0.199. The van der Waals surface area contributed by atoms with E-state index in [-0.39, 0.29) is 5.57 Å². The van der Waals surface area contributed by atoms with Crippen LogP contribution in [0.15, 0.2) is 77.4 Å². The van der Waals surface area contributed by atoms with Gasteiger partial charge in [0.25, 0.3) is 5.91 Å². The van der Waals surface area contributed by atoms with E-state index >= 15 is 0 Å². The van der Waals surface area contributed by atoms with Gasteiger partial charge in [-0.05, 0) is 41.5 Å². The molecule has 0 spiro atoms. The summed E-state index contributed by atoms with van der Waals surface area (Å²) in [5, 5.41) is 12.6. The average molecular weight is 480 g/mol. The number of nitriles is 1. The van der Waals surface area contributed by atoms with E-state index < -0.39 is 5.91 Å². The molecular weight excluding hydrogens is 462 g/mol. The number of carbonyl (C=O) groups is 1. The van der Waals surface area contributed by atoms with Crippen molar-refractivity contribution in [2.45, 2.75) is 6.42 Å². The number of rotatable bonds is 8. The van der Waals surface area contributed by atoms with Crippen molar-refractivity contribution in [2.24, 2.45) is 0 Å². The minimum absolute atomic E-state index is 0.000538. The Kier molecular flexibility index (Phi) is 7.55. The summed E-state index contributed by atoms with van der Waals surface area (Å²) in [5.41, 5.74) is 1.87. The van der Waals surface area contributed by atoms with E-state index in [9.17, 15) is 10.1 Å². The maximum absolute atomic E-state index is 12.5. The zero-order valence-corrected chi connectivity index (χ0v) is 18.4. The second kappa shape index (κ2) is 10.5. The van der Waals surface area contributed by atoms with Crippen LogP contribution < -0.4 is 10.1 Å². The Morgan fingerprint density at radius 1 is 1.23 bits per heavy atom. The Hall–Kier alpha value is -3.21. The molecule has 0 atom stereocenters. The van der Waals surface area contributed by atoms with Gasteiger partial charge in [-0.25, -0.2) is 4.98 Å². The third kappa shape index (κ3) is 6.14. The SMILES string of the molecule is C=CCOc1ccc(/C=C(\C#N)C(=O)Nc2ncc(Cc3ccc(Br)cc3)s2)cc1. The van der Waals surface area contributed by atoms with E-state index in [1.807, 2.05) is 30.3 Å². The third-order valence-corrected chi connectivity index (χ3v) is 5.43. The average Bonchev–Trinajstić information content (AvgIpc) is 3.19. The summed E-state index contributed by atoms with van der Waals surface area (Å²) >= 11 is 4.81. The van der Waals surface area contributed by atoms with Crippen molar-refractivity contribution < 1.29 is 9.53 Å². The Morgan fingerprint density at radius 3 is 2.63 bits per heavy atom. The van der Waals surface area contributed by atoms with Crippen LogP contribution in [0.25, 0.3) is 6.08 Å². The number of amides is 1.